The Morgan fingerprint density at radius 1 is 1.26 bits per heavy atom. The molecule has 23 heavy (non-hydrogen) atoms. The molecule has 0 aliphatic carbocycles. The summed E-state index contributed by atoms with van der Waals surface area (Å²) >= 11 is 0. The first kappa shape index (κ1) is 15.0. The first-order valence-electron chi connectivity index (χ1n) is 7.42. The number of nitrogens with one attached hydrogen (secondary N) is 1. The predicted octanol–water partition coefficient (Wildman–Crippen LogP) is 2.35. The zero-order valence-corrected chi connectivity index (χ0v) is 13.3. The number of rotatable bonds is 4. The number of carbonyl (C=O) groups excluding carboxylic acids is 1. The van der Waals surface area contributed by atoms with Crippen molar-refractivity contribution >= 4 is 11.6 Å². The molecule has 0 spiro atoms. The number of para-hydroxylation sites is 2. The minimum Gasteiger partial charge on any atom is -0.320 e. The Hall–Kier alpha value is -2.96. The molecule has 2 heterocycles. The lowest BCUT2D eigenvalue weighted by Crippen LogP contribution is -2.14. The third-order valence-electron chi connectivity index (χ3n) is 3.47. The van der Waals surface area contributed by atoms with E-state index in [2.05, 4.69) is 20.5 Å². The van der Waals surface area contributed by atoms with E-state index in [-0.39, 0.29) is 5.91 Å². The summed E-state index contributed by atoms with van der Waals surface area (Å²) in [6, 6.07) is 7.50. The number of amides is 1. The molecule has 0 atom stereocenters. The van der Waals surface area contributed by atoms with Crippen molar-refractivity contribution in [1.29, 1.82) is 0 Å². The standard InChI is InChI=1S/C16H18N6O/c1-4-21-10-13(9-17-21)16(23)19-14-7-5-6-8-15(14)22-12(3)18-11(2)20-22/h5-10H,4H2,1-3H3,(H,19,23). The molecular formula is C16H18N6O. The zero-order valence-electron chi connectivity index (χ0n) is 13.3. The van der Waals surface area contributed by atoms with E-state index < -0.39 is 0 Å². The van der Waals surface area contributed by atoms with Crippen LogP contribution in [0.1, 0.15) is 28.9 Å². The smallest absolute Gasteiger partial charge is 0.258 e. The van der Waals surface area contributed by atoms with Crippen LogP contribution < -0.4 is 5.32 Å². The van der Waals surface area contributed by atoms with E-state index in [1.165, 1.54) is 0 Å². The number of carbonyl (C=O) groups is 1. The Labute approximate surface area is 134 Å². The SMILES string of the molecule is CCn1cc(C(=O)Nc2ccccc2-n2nc(C)nc2C)cn1. The maximum Gasteiger partial charge on any atom is 0.258 e. The highest BCUT2D eigenvalue weighted by Gasteiger charge is 2.14. The lowest BCUT2D eigenvalue weighted by molar-refractivity contribution is 0.102. The number of hydrogen-bond acceptors (Lipinski definition) is 4. The second-order valence-electron chi connectivity index (χ2n) is 5.17. The van der Waals surface area contributed by atoms with E-state index in [0.29, 0.717) is 17.1 Å². The summed E-state index contributed by atoms with van der Waals surface area (Å²) in [5.74, 6) is 1.25. The van der Waals surface area contributed by atoms with Gasteiger partial charge in [0.25, 0.3) is 5.91 Å². The van der Waals surface area contributed by atoms with Crippen LogP contribution in [0.15, 0.2) is 36.7 Å². The number of benzene rings is 1. The molecule has 0 radical (unpaired) electrons. The molecule has 0 unspecified atom stereocenters. The first-order valence-corrected chi connectivity index (χ1v) is 7.42. The van der Waals surface area contributed by atoms with Crippen LogP contribution in [0.3, 0.4) is 0 Å². The molecule has 3 aromatic rings. The highest BCUT2D eigenvalue weighted by Crippen LogP contribution is 2.21. The molecule has 0 aliphatic rings. The number of anilines is 1. The van der Waals surface area contributed by atoms with Gasteiger partial charge in [-0.2, -0.15) is 10.2 Å². The molecule has 0 bridgehead atoms. The van der Waals surface area contributed by atoms with Crippen LogP contribution in [0, 0.1) is 13.8 Å². The normalized spacial score (nSPS) is 10.7. The van der Waals surface area contributed by atoms with Crippen molar-refractivity contribution < 1.29 is 4.79 Å². The molecule has 0 saturated carbocycles. The van der Waals surface area contributed by atoms with E-state index in [0.717, 1.165) is 18.1 Å². The third-order valence-corrected chi connectivity index (χ3v) is 3.47. The monoisotopic (exact) mass is 310 g/mol. The average molecular weight is 310 g/mol. The van der Waals surface area contributed by atoms with Crippen molar-refractivity contribution in [1.82, 2.24) is 24.5 Å². The van der Waals surface area contributed by atoms with Gasteiger partial charge in [-0.3, -0.25) is 9.48 Å². The summed E-state index contributed by atoms with van der Waals surface area (Å²) in [7, 11) is 0. The Morgan fingerprint density at radius 3 is 2.70 bits per heavy atom. The van der Waals surface area contributed by atoms with E-state index in [1.54, 1.807) is 21.8 Å². The van der Waals surface area contributed by atoms with Gasteiger partial charge in [-0.15, -0.1) is 0 Å². The van der Waals surface area contributed by atoms with Crippen molar-refractivity contribution in [3.05, 3.63) is 53.9 Å². The number of nitrogens with zero attached hydrogens (tertiary/aromatic N) is 5. The van der Waals surface area contributed by atoms with Crippen molar-refractivity contribution in [2.45, 2.75) is 27.3 Å². The van der Waals surface area contributed by atoms with E-state index in [9.17, 15) is 4.79 Å². The molecule has 7 heteroatoms. The lowest BCUT2D eigenvalue weighted by Gasteiger charge is -2.11. The molecule has 3 rings (SSSR count). The van der Waals surface area contributed by atoms with Crippen LogP contribution in [0.2, 0.25) is 0 Å². The van der Waals surface area contributed by atoms with Gasteiger partial charge in [0.2, 0.25) is 0 Å². The van der Waals surface area contributed by atoms with Crippen LogP contribution in [0.4, 0.5) is 5.69 Å². The fraction of sp³-hybridized carbons (Fsp3) is 0.250. The summed E-state index contributed by atoms with van der Waals surface area (Å²) < 4.78 is 3.44. The van der Waals surface area contributed by atoms with Gasteiger partial charge in [-0.25, -0.2) is 9.67 Å². The van der Waals surface area contributed by atoms with E-state index in [1.807, 2.05) is 45.0 Å². The Kier molecular flexibility index (Phi) is 3.92. The largest absolute Gasteiger partial charge is 0.320 e. The number of hydrogen-bond donors (Lipinski definition) is 1. The maximum absolute atomic E-state index is 12.4. The summed E-state index contributed by atoms with van der Waals surface area (Å²) in [4.78, 5) is 16.7. The Balaban J connectivity index is 1.92. The van der Waals surface area contributed by atoms with Crippen molar-refractivity contribution in [3.8, 4) is 5.69 Å². The number of aromatic nitrogens is 5. The van der Waals surface area contributed by atoms with Crippen LogP contribution >= 0.6 is 0 Å². The topological polar surface area (TPSA) is 77.6 Å². The molecule has 0 aliphatic heterocycles. The third kappa shape index (κ3) is 2.98. The molecule has 2 aromatic heterocycles. The minimum absolute atomic E-state index is 0.202. The van der Waals surface area contributed by atoms with Gasteiger partial charge in [-0.1, -0.05) is 12.1 Å². The van der Waals surface area contributed by atoms with Gasteiger partial charge >= 0.3 is 0 Å². The Bertz CT molecular complexity index is 848. The van der Waals surface area contributed by atoms with E-state index >= 15 is 0 Å². The van der Waals surface area contributed by atoms with Crippen LogP contribution in [0.5, 0.6) is 0 Å². The average Bonchev–Trinajstić information content (AvgIpc) is 3.14. The molecule has 1 aromatic carbocycles. The summed E-state index contributed by atoms with van der Waals surface area (Å²) in [5, 5.41) is 11.4. The molecule has 118 valence electrons. The van der Waals surface area contributed by atoms with E-state index in [4.69, 9.17) is 0 Å². The molecule has 7 nitrogen and oxygen atoms in total. The second kappa shape index (κ2) is 6.04. The first-order chi connectivity index (χ1) is 11.1. The summed E-state index contributed by atoms with van der Waals surface area (Å²) in [6.07, 6.45) is 3.29. The molecule has 0 fully saturated rings. The van der Waals surface area contributed by atoms with Gasteiger partial charge in [0, 0.05) is 12.7 Å². The fourth-order valence-electron chi connectivity index (χ4n) is 2.36. The van der Waals surface area contributed by atoms with Crippen LogP contribution in [-0.2, 0) is 6.54 Å². The van der Waals surface area contributed by atoms with Crippen molar-refractivity contribution in [2.75, 3.05) is 5.32 Å². The highest BCUT2D eigenvalue weighted by atomic mass is 16.1. The molecule has 1 N–H and O–H groups in total. The van der Waals surface area contributed by atoms with Crippen LogP contribution in [0.25, 0.3) is 5.69 Å². The molecule has 1 amide bonds. The summed E-state index contributed by atoms with van der Waals surface area (Å²) in [5.41, 5.74) is 1.98. The summed E-state index contributed by atoms with van der Waals surface area (Å²) in [6.45, 7) is 6.41. The molecular weight excluding hydrogens is 292 g/mol. The van der Waals surface area contributed by atoms with Crippen molar-refractivity contribution in [3.63, 3.8) is 0 Å². The lowest BCUT2D eigenvalue weighted by atomic mass is 10.2. The fourth-order valence-corrected chi connectivity index (χ4v) is 2.36. The quantitative estimate of drug-likeness (QED) is 0.802. The van der Waals surface area contributed by atoms with Gasteiger partial charge in [-0.05, 0) is 32.9 Å². The molecule has 0 saturated heterocycles. The van der Waals surface area contributed by atoms with Gasteiger partial charge in [0.15, 0.2) is 0 Å². The van der Waals surface area contributed by atoms with Gasteiger partial charge in [0.05, 0.1) is 23.1 Å². The van der Waals surface area contributed by atoms with Crippen LogP contribution in [-0.4, -0.2) is 30.5 Å². The van der Waals surface area contributed by atoms with Gasteiger partial charge in [0.1, 0.15) is 11.6 Å². The number of aryl methyl sites for hydroxylation is 3. The highest BCUT2D eigenvalue weighted by molar-refractivity contribution is 6.04. The zero-order chi connectivity index (χ0) is 16.4. The van der Waals surface area contributed by atoms with Gasteiger partial charge < -0.3 is 5.32 Å². The second-order valence-corrected chi connectivity index (χ2v) is 5.17. The predicted molar refractivity (Wildman–Crippen MR) is 86.7 cm³/mol. The Morgan fingerprint density at radius 2 is 2.04 bits per heavy atom. The minimum atomic E-state index is -0.202. The maximum atomic E-state index is 12.4. The van der Waals surface area contributed by atoms with Crippen molar-refractivity contribution in [2.24, 2.45) is 0 Å².